The number of carbonyl (C=O) groups excluding carboxylic acids is 1. The van der Waals surface area contributed by atoms with E-state index in [0.29, 0.717) is 35.2 Å². The molecule has 31 heavy (non-hydrogen) atoms. The second-order valence-electron chi connectivity index (χ2n) is 7.55. The molecule has 0 aliphatic carbocycles. The van der Waals surface area contributed by atoms with Gasteiger partial charge >= 0.3 is 0 Å². The zero-order valence-electron chi connectivity index (χ0n) is 16.7. The molecule has 1 amide bonds. The summed E-state index contributed by atoms with van der Waals surface area (Å²) in [4.78, 5) is 19.1. The van der Waals surface area contributed by atoms with E-state index in [4.69, 9.17) is 20.9 Å². The summed E-state index contributed by atoms with van der Waals surface area (Å²) in [5.74, 6) is 1.23. The van der Waals surface area contributed by atoms with Crippen molar-refractivity contribution in [3.05, 3.63) is 77.6 Å². The van der Waals surface area contributed by atoms with Crippen LogP contribution in [0.25, 0.3) is 22.2 Å². The van der Waals surface area contributed by atoms with Crippen LogP contribution in [-0.4, -0.2) is 40.1 Å². The highest BCUT2D eigenvalue weighted by Gasteiger charge is 2.27. The van der Waals surface area contributed by atoms with Crippen LogP contribution in [0, 0.1) is 0 Å². The standard InChI is InChI=1S/C24H20ClN3O3/c25-20-14-26-11-10-22(20)30-18-7-4-12-28(15-18)24(29)17-8-9-21-19(13-17)23(31-27-21)16-5-2-1-3-6-16/h1-3,5-6,8-11,13-14,18H,4,7,12,15H2. The number of piperidine rings is 1. The van der Waals surface area contributed by atoms with E-state index in [2.05, 4.69) is 10.1 Å². The molecule has 5 rings (SSSR count). The Labute approximate surface area is 184 Å². The van der Waals surface area contributed by atoms with E-state index in [1.54, 1.807) is 24.5 Å². The van der Waals surface area contributed by atoms with Crippen molar-refractivity contribution in [2.24, 2.45) is 0 Å². The Hall–Kier alpha value is -3.38. The second kappa shape index (κ2) is 8.40. The van der Waals surface area contributed by atoms with Gasteiger partial charge < -0.3 is 14.2 Å². The predicted molar refractivity (Wildman–Crippen MR) is 118 cm³/mol. The maximum atomic E-state index is 13.3. The molecule has 1 aliphatic heterocycles. The van der Waals surface area contributed by atoms with Crippen molar-refractivity contribution in [1.29, 1.82) is 0 Å². The van der Waals surface area contributed by atoms with E-state index < -0.39 is 0 Å². The zero-order valence-corrected chi connectivity index (χ0v) is 17.5. The molecule has 0 spiro atoms. The monoisotopic (exact) mass is 433 g/mol. The third-order valence-electron chi connectivity index (χ3n) is 5.45. The number of fused-ring (bicyclic) bond motifs is 1. The first kappa shape index (κ1) is 19.6. The van der Waals surface area contributed by atoms with Crippen LogP contribution >= 0.6 is 11.6 Å². The number of halogens is 1. The minimum atomic E-state index is -0.114. The molecule has 1 saturated heterocycles. The first-order chi connectivity index (χ1) is 15.2. The highest BCUT2D eigenvalue weighted by atomic mass is 35.5. The number of carbonyl (C=O) groups is 1. The smallest absolute Gasteiger partial charge is 0.254 e. The van der Waals surface area contributed by atoms with Crippen molar-refractivity contribution in [1.82, 2.24) is 15.0 Å². The number of ether oxygens (including phenoxy) is 1. The topological polar surface area (TPSA) is 68.5 Å². The van der Waals surface area contributed by atoms with Crippen molar-refractivity contribution in [3.63, 3.8) is 0 Å². The van der Waals surface area contributed by atoms with Crippen LogP contribution in [0.3, 0.4) is 0 Å². The van der Waals surface area contributed by atoms with Gasteiger partial charge in [-0.25, -0.2) is 0 Å². The van der Waals surface area contributed by atoms with Crippen molar-refractivity contribution >= 4 is 28.4 Å². The number of hydrogen-bond acceptors (Lipinski definition) is 5. The van der Waals surface area contributed by atoms with Gasteiger partial charge in [-0.15, -0.1) is 0 Å². The fourth-order valence-electron chi connectivity index (χ4n) is 3.91. The molecule has 0 N–H and O–H groups in total. The minimum Gasteiger partial charge on any atom is -0.487 e. The number of benzene rings is 2. The Balaban J connectivity index is 1.37. The van der Waals surface area contributed by atoms with Crippen LogP contribution in [0.1, 0.15) is 23.2 Å². The molecular weight excluding hydrogens is 414 g/mol. The number of nitrogens with zero attached hydrogens (tertiary/aromatic N) is 3. The quantitative estimate of drug-likeness (QED) is 0.441. The Morgan fingerprint density at radius 3 is 2.87 bits per heavy atom. The fraction of sp³-hybridized carbons (Fsp3) is 0.208. The summed E-state index contributed by atoms with van der Waals surface area (Å²) in [6, 6.07) is 17.0. The highest BCUT2D eigenvalue weighted by molar-refractivity contribution is 6.31. The molecule has 4 aromatic rings. The maximum Gasteiger partial charge on any atom is 0.254 e. The second-order valence-corrected chi connectivity index (χ2v) is 7.96. The van der Waals surface area contributed by atoms with Crippen molar-refractivity contribution in [2.45, 2.75) is 18.9 Å². The molecule has 2 aromatic heterocycles. The van der Waals surface area contributed by atoms with Gasteiger partial charge in [-0.05, 0) is 31.0 Å². The molecule has 0 saturated carbocycles. The van der Waals surface area contributed by atoms with E-state index in [1.165, 1.54) is 0 Å². The third kappa shape index (κ3) is 3.99. The minimum absolute atomic E-state index is 0.0313. The lowest BCUT2D eigenvalue weighted by molar-refractivity contribution is 0.0538. The molecule has 1 unspecified atom stereocenters. The van der Waals surface area contributed by atoms with E-state index in [9.17, 15) is 4.79 Å². The van der Waals surface area contributed by atoms with Gasteiger partial charge in [0.25, 0.3) is 5.91 Å². The Morgan fingerprint density at radius 1 is 1.16 bits per heavy atom. The summed E-state index contributed by atoms with van der Waals surface area (Å²) in [5.41, 5.74) is 2.26. The summed E-state index contributed by atoms with van der Waals surface area (Å²) in [5, 5.41) is 5.43. The van der Waals surface area contributed by atoms with Crippen LogP contribution < -0.4 is 4.74 Å². The summed E-state index contributed by atoms with van der Waals surface area (Å²) >= 11 is 6.17. The van der Waals surface area contributed by atoms with Crippen LogP contribution in [0.5, 0.6) is 5.75 Å². The summed E-state index contributed by atoms with van der Waals surface area (Å²) in [7, 11) is 0. The van der Waals surface area contributed by atoms with E-state index >= 15 is 0 Å². The molecule has 1 fully saturated rings. The van der Waals surface area contributed by atoms with Gasteiger partial charge in [0.1, 0.15) is 22.4 Å². The number of likely N-dealkylation sites (tertiary alicyclic amines) is 1. The third-order valence-corrected chi connectivity index (χ3v) is 5.74. The van der Waals surface area contributed by atoms with Crippen LogP contribution in [0.4, 0.5) is 0 Å². The maximum absolute atomic E-state index is 13.3. The number of hydrogen-bond donors (Lipinski definition) is 0. The van der Waals surface area contributed by atoms with Gasteiger partial charge in [-0.3, -0.25) is 9.78 Å². The average molecular weight is 434 g/mol. The van der Waals surface area contributed by atoms with Gasteiger partial charge in [0.2, 0.25) is 0 Å². The van der Waals surface area contributed by atoms with E-state index in [1.807, 2.05) is 47.4 Å². The van der Waals surface area contributed by atoms with Gasteiger partial charge in [-0.1, -0.05) is 47.1 Å². The molecule has 0 bridgehead atoms. The lowest BCUT2D eigenvalue weighted by atomic mass is 10.0. The van der Waals surface area contributed by atoms with Gasteiger partial charge in [0, 0.05) is 36.1 Å². The van der Waals surface area contributed by atoms with Gasteiger partial charge in [0.15, 0.2) is 5.76 Å². The first-order valence-corrected chi connectivity index (χ1v) is 10.6. The van der Waals surface area contributed by atoms with Crippen molar-refractivity contribution in [3.8, 4) is 17.1 Å². The van der Waals surface area contributed by atoms with E-state index in [0.717, 1.165) is 29.3 Å². The lowest BCUT2D eigenvalue weighted by Gasteiger charge is -2.33. The first-order valence-electron chi connectivity index (χ1n) is 10.2. The largest absolute Gasteiger partial charge is 0.487 e. The molecule has 3 heterocycles. The molecule has 156 valence electrons. The van der Waals surface area contributed by atoms with Gasteiger partial charge in [-0.2, -0.15) is 0 Å². The number of amides is 1. The summed E-state index contributed by atoms with van der Waals surface area (Å²) in [6.07, 6.45) is 4.82. The zero-order chi connectivity index (χ0) is 21.2. The van der Waals surface area contributed by atoms with Gasteiger partial charge in [0.05, 0.1) is 11.9 Å². The molecule has 7 heteroatoms. The predicted octanol–water partition coefficient (Wildman–Crippen LogP) is 5.23. The Morgan fingerprint density at radius 2 is 2.03 bits per heavy atom. The van der Waals surface area contributed by atoms with Crippen molar-refractivity contribution in [2.75, 3.05) is 13.1 Å². The highest BCUT2D eigenvalue weighted by Crippen LogP contribution is 2.30. The van der Waals surface area contributed by atoms with Crippen LogP contribution in [0.2, 0.25) is 5.02 Å². The molecule has 6 nitrogen and oxygen atoms in total. The Bertz CT molecular complexity index is 1230. The van der Waals surface area contributed by atoms with Crippen LogP contribution in [-0.2, 0) is 0 Å². The number of pyridine rings is 1. The molecular formula is C24H20ClN3O3. The summed E-state index contributed by atoms with van der Waals surface area (Å²) < 4.78 is 11.6. The number of aromatic nitrogens is 2. The summed E-state index contributed by atoms with van der Waals surface area (Å²) in [6.45, 7) is 1.20. The Kier molecular flexibility index (Phi) is 5.30. The molecule has 1 atom stereocenters. The molecule has 2 aromatic carbocycles. The SMILES string of the molecule is O=C(c1ccc2noc(-c3ccccc3)c2c1)N1CCCC(Oc2ccncc2Cl)C1. The van der Waals surface area contributed by atoms with Crippen molar-refractivity contribution < 1.29 is 14.1 Å². The normalized spacial score (nSPS) is 16.4. The molecule has 0 radical (unpaired) electrons. The average Bonchev–Trinajstić information content (AvgIpc) is 3.24. The number of rotatable bonds is 4. The fourth-order valence-corrected chi connectivity index (χ4v) is 4.08. The van der Waals surface area contributed by atoms with E-state index in [-0.39, 0.29) is 12.0 Å². The van der Waals surface area contributed by atoms with Crippen LogP contribution in [0.15, 0.2) is 71.5 Å². The molecule has 1 aliphatic rings. The lowest BCUT2D eigenvalue weighted by Crippen LogP contribution is -2.44.